The highest BCUT2D eigenvalue weighted by Gasteiger charge is 2.21. The van der Waals surface area contributed by atoms with E-state index in [2.05, 4.69) is 5.32 Å². The number of amides is 1. The summed E-state index contributed by atoms with van der Waals surface area (Å²) in [6.45, 7) is 0. The number of nitrogens with two attached hydrogens (primary N) is 1. The van der Waals surface area contributed by atoms with Crippen molar-refractivity contribution in [3.8, 4) is 0 Å². The van der Waals surface area contributed by atoms with E-state index >= 15 is 0 Å². The van der Waals surface area contributed by atoms with E-state index in [-0.39, 0.29) is 11.8 Å². The SMILES string of the molecule is NC(=S)c1ccccc1NC(=O)C1CCCCC1. The first-order chi connectivity index (χ1) is 8.68. The summed E-state index contributed by atoms with van der Waals surface area (Å²) in [6.07, 6.45) is 5.51. The molecule has 1 aliphatic rings. The van der Waals surface area contributed by atoms with E-state index < -0.39 is 0 Å². The summed E-state index contributed by atoms with van der Waals surface area (Å²) in [5.74, 6) is 0.233. The standard InChI is InChI=1S/C14H18N2OS/c15-13(18)11-8-4-5-9-12(11)16-14(17)10-6-2-1-3-7-10/h4-5,8-10H,1-3,6-7H2,(H2,15,18)(H,16,17). The Kier molecular flexibility index (Phi) is 4.31. The zero-order chi connectivity index (χ0) is 13.0. The van der Waals surface area contributed by atoms with E-state index in [4.69, 9.17) is 18.0 Å². The highest BCUT2D eigenvalue weighted by Crippen LogP contribution is 2.25. The van der Waals surface area contributed by atoms with Gasteiger partial charge in [0, 0.05) is 11.5 Å². The van der Waals surface area contributed by atoms with Gasteiger partial charge in [-0.05, 0) is 25.0 Å². The van der Waals surface area contributed by atoms with Gasteiger partial charge in [0.1, 0.15) is 4.99 Å². The maximum Gasteiger partial charge on any atom is 0.227 e. The molecule has 0 heterocycles. The van der Waals surface area contributed by atoms with Gasteiger partial charge in [0.2, 0.25) is 5.91 Å². The smallest absolute Gasteiger partial charge is 0.227 e. The summed E-state index contributed by atoms with van der Waals surface area (Å²) in [4.78, 5) is 12.5. The molecule has 0 unspecified atom stereocenters. The summed E-state index contributed by atoms with van der Waals surface area (Å²) in [5, 5.41) is 2.96. The van der Waals surface area contributed by atoms with Gasteiger partial charge in [-0.3, -0.25) is 4.79 Å². The third kappa shape index (κ3) is 3.07. The van der Waals surface area contributed by atoms with Crippen LogP contribution in [-0.4, -0.2) is 10.9 Å². The molecular weight excluding hydrogens is 244 g/mol. The van der Waals surface area contributed by atoms with Crippen LogP contribution >= 0.6 is 12.2 Å². The fourth-order valence-corrected chi connectivity index (χ4v) is 2.58. The Labute approximate surface area is 113 Å². The van der Waals surface area contributed by atoms with E-state index in [0.29, 0.717) is 4.99 Å². The molecule has 4 heteroatoms. The number of rotatable bonds is 3. The van der Waals surface area contributed by atoms with E-state index in [0.717, 1.165) is 36.9 Å². The van der Waals surface area contributed by atoms with Crippen molar-refractivity contribution in [2.24, 2.45) is 11.7 Å². The molecule has 0 bridgehead atoms. The van der Waals surface area contributed by atoms with Gasteiger partial charge in [-0.15, -0.1) is 0 Å². The Morgan fingerprint density at radius 2 is 1.89 bits per heavy atom. The Morgan fingerprint density at radius 1 is 1.22 bits per heavy atom. The van der Waals surface area contributed by atoms with Crippen molar-refractivity contribution >= 4 is 28.8 Å². The second kappa shape index (κ2) is 5.96. The van der Waals surface area contributed by atoms with Gasteiger partial charge >= 0.3 is 0 Å². The predicted molar refractivity (Wildman–Crippen MR) is 77.5 cm³/mol. The van der Waals surface area contributed by atoms with Crippen molar-refractivity contribution in [3.63, 3.8) is 0 Å². The minimum Gasteiger partial charge on any atom is -0.389 e. The Morgan fingerprint density at radius 3 is 2.56 bits per heavy atom. The second-order valence-electron chi connectivity index (χ2n) is 4.73. The van der Waals surface area contributed by atoms with Crippen LogP contribution in [0.1, 0.15) is 37.7 Å². The number of carbonyl (C=O) groups is 1. The minimum atomic E-state index is 0.0957. The molecule has 0 spiro atoms. The van der Waals surface area contributed by atoms with Crippen LogP contribution in [0.5, 0.6) is 0 Å². The topological polar surface area (TPSA) is 55.1 Å². The van der Waals surface area contributed by atoms with Crippen LogP contribution in [0.4, 0.5) is 5.69 Å². The number of hydrogen-bond acceptors (Lipinski definition) is 2. The third-order valence-corrected chi connectivity index (χ3v) is 3.65. The maximum atomic E-state index is 12.1. The normalized spacial score (nSPS) is 16.2. The Balaban J connectivity index is 2.08. The van der Waals surface area contributed by atoms with Crippen LogP contribution in [0.3, 0.4) is 0 Å². The number of anilines is 1. The first-order valence-electron chi connectivity index (χ1n) is 6.38. The summed E-state index contributed by atoms with van der Waals surface area (Å²) in [5.41, 5.74) is 7.10. The molecular formula is C14H18N2OS. The summed E-state index contributed by atoms with van der Waals surface area (Å²) < 4.78 is 0. The molecule has 1 aliphatic carbocycles. The quantitative estimate of drug-likeness (QED) is 0.824. The van der Waals surface area contributed by atoms with Gasteiger partial charge in [-0.2, -0.15) is 0 Å². The van der Waals surface area contributed by atoms with Gasteiger partial charge in [-0.1, -0.05) is 43.6 Å². The molecule has 3 N–H and O–H groups in total. The third-order valence-electron chi connectivity index (χ3n) is 3.43. The van der Waals surface area contributed by atoms with Crippen LogP contribution in [0.15, 0.2) is 24.3 Å². The molecule has 1 saturated carbocycles. The zero-order valence-electron chi connectivity index (χ0n) is 10.3. The molecule has 2 rings (SSSR count). The number of para-hydroxylation sites is 1. The molecule has 1 aromatic rings. The van der Waals surface area contributed by atoms with E-state index in [9.17, 15) is 4.79 Å². The van der Waals surface area contributed by atoms with Crippen LogP contribution in [0.25, 0.3) is 0 Å². The summed E-state index contributed by atoms with van der Waals surface area (Å²) in [6, 6.07) is 7.41. The molecule has 3 nitrogen and oxygen atoms in total. The van der Waals surface area contributed by atoms with Crippen LogP contribution < -0.4 is 11.1 Å². The molecule has 0 radical (unpaired) electrons. The summed E-state index contributed by atoms with van der Waals surface area (Å²) in [7, 11) is 0. The van der Waals surface area contributed by atoms with E-state index in [1.807, 2.05) is 24.3 Å². The largest absolute Gasteiger partial charge is 0.389 e. The van der Waals surface area contributed by atoms with Crippen molar-refractivity contribution in [2.75, 3.05) is 5.32 Å². The molecule has 0 atom stereocenters. The number of hydrogen-bond donors (Lipinski definition) is 2. The predicted octanol–water partition coefficient (Wildman–Crippen LogP) is 2.84. The van der Waals surface area contributed by atoms with Crippen LogP contribution in [0, 0.1) is 5.92 Å². The second-order valence-corrected chi connectivity index (χ2v) is 5.17. The number of thiocarbonyl (C=S) groups is 1. The molecule has 0 saturated heterocycles. The highest BCUT2D eigenvalue weighted by atomic mass is 32.1. The van der Waals surface area contributed by atoms with Crippen molar-refractivity contribution < 1.29 is 4.79 Å². The maximum absolute atomic E-state index is 12.1. The fraction of sp³-hybridized carbons (Fsp3) is 0.429. The van der Waals surface area contributed by atoms with Gasteiger partial charge in [-0.25, -0.2) is 0 Å². The monoisotopic (exact) mass is 262 g/mol. The van der Waals surface area contributed by atoms with E-state index in [1.54, 1.807) is 0 Å². The molecule has 18 heavy (non-hydrogen) atoms. The fourth-order valence-electron chi connectivity index (χ4n) is 2.41. The lowest BCUT2D eigenvalue weighted by Gasteiger charge is -2.21. The number of carbonyl (C=O) groups excluding carboxylic acids is 1. The molecule has 96 valence electrons. The lowest BCUT2D eigenvalue weighted by Crippen LogP contribution is -2.26. The molecule has 1 aromatic carbocycles. The molecule has 0 aromatic heterocycles. The number of benzene rings is 1. The Bertz CT molecular complexity index is 453. The average molecular weight is 262 g/mol. The Hall–Kier alpha value is -1.42. The minimum absolute atomic E-state index is 0.0957. The zero-order valence-corrected chi connectivity index (χ0v) is 11.1. The number of nitrogens with one attached hydrogen (secondary N) is 1. The summed E-state index contributed by atoms with van der Waals surface area (Å²) >= 11 is 4.99. The van der Waals surface area contributed by atoms with E-state index in [1.165, 1.54) is 6.42 Å². The molecule has 1 amide bonds. The van der Waals surface area contributed by atoms with Gasteiger partial charge in [0.05, 0.1) is 5.69 Å². The van der Waals surface area contributed by atoms with Gasteiger partial charge < -0.3 is 11.1 Å². The van der Waals surface area contributed by atoms with Crippen molar-refractivity contribution in [1.82, 2.24) is 0 Å². The first-order valence-corrected chi connectivity index (χ1v) is 6.79. The average Bonchev–Trinajstić information content (AvgIpc) is 2.40. The van der Waals surface area contributed by atoms with Crippen molar-refractivity contribution in [2.45, 2.75) is 32.1 Å². The van der Waals surface area contributed by atoms with Crippen LogP contribution in [0.2, 0.25) is 0 Å². The molecule has 1 fully saturated rings. The van der Waals surface area contributed by atoms with Crippen LogP contribution in [-0.2, 0) is 4.79 Å². The van der Waals surface area contributed by atoms with Gasteiger partial charge in [0.25, 0.3) is 0 Å². The lowest BCUT2D eigenvalue weighted by molar-refractivity contribution is -0.120. The highest BCUT2D eigenvalue weighted by molar-refractivity contribution is 7.80. The van der Waals surface area contributed by atoms with Crippen molar-refractivity contribution in [3.05, 3.63) is 29.8 Å². The lowest BCUT2D eigenvalue weighted by atomic mass is 9.88. The van der Waals surface area contributed by atoms with Crippen molar-refractivity contribution in [1.29, 1.82) is 0 Å². The van der Waals surface area contributed by atoms with Gasteiger partial charge in [0.15, 0.2) is 0 Å². The first kappa shape index (κ1) is 13.0. The molecule has 0 aliphatic heterocycles.